The normalized spacial score (nSPS) is 11.7. The molecule has 0 heterocycles. The van der Waals surface area contributed by atoms with E-state index in [-0.39, 0.29) is 18.9 Å². The molecule has 0 saturated heterocycles. The van der Waals surface area contributed by atoms with Crippen molar-refractivity contribution < 1.29 is 14.0 Å². The van der Waals surface area contributed by atoms with Crippen molar-refractivity contribution in [3.05, 3.63) is 96.1 Å². The van der Waals surface area contributed by atoms with E-state index < -0.39 is 11.9 Å². The summed E-state index contributed by atoms with van der Waals surface area (Å²) in [6, 6.07) is 27.6. The van der Waals surface area contributed by atoms with Crippen LogP contribution in [0.5, 0.6) is 0 Å². The van der Waals surface area contributed by atoms with Gasteiger partial charge in [-0.1, -0.05) is 84.9 Å². The number of benzene rings is 4. The van der Waals surface area contributed by atoms with Gasteiger partial charge in [-0.05, 0) is 32.7 Å². The Hall–Kier alpha value is -1.59. The molecule has 27 heavy (non-hydrogen) atoms. The van der Waals surface area contributed by atoms with Crippen molar-refractivity contribution >= 4 is 57.0 Å². The molecule has 0 amide bonds. The van der Waals surface area contributed by atoms with Gasteiger partial charge in [0.05, 0.1) is 0 Å². The molecule has 0 atom stereocenters. The number of aliphatic hydroxyl groups is 2. The Balaban J connectivity index is 0.00000210. The summed E-state index contributed by atoms with van der Waals surface area (Å²) in [6.07, 6.45) is -1.70. The van der Waals surface area contributed by atoms with Crippen LogP contribution < -0.4 is 0 Å². The summed E-state index contributed by atoms with van der Waals surface area (Å²) in [7, 11) is 0. The predicted octanol–water partition coefficient (Wildman–Crippen LogP) is 2.46. The van der Waals surface area contributed by atoms with Crippen LogP contribution in [0.4, 0.5) is 0 Å². The van der Waals surface area contributed by atoms with Crippen LogP contribution in [0.3, 0.4) is 0 Å². The molecule has 5 heteroatoms. The van der Waals surface area contributed by atoms with Crippen molar-refractivity contribution in [3.63, 3.8) is 0 Å². The molecule has 130 valence electrons. The average Bonchev–Trinajstić information content (AvgIpc) is 2.69. The predicted molar refractivity (Wildman–Crippen MR) is 114 cm³/mol. The van der Waals surface area contributed by atoms with Gasteiger partial charge in [-0.3, -0.25) is 0 Å². The van der Waals surface area contributed by atoms with Crippen LogP contribution in [0.15, 0.2) is 84.9 Å². The van der Waals surface area contributed by atoms with Gasteiger partial charge < -0.3 is 14.0 Å². The van der Waals surface area contributed by atoms with Crippen molar-refractivity contribution in [1.82, 2.24) is 0 Å². The van der Waals surface area contributed by atoms with Crippen LogP contribution in [0, 0.1) is 0 Å². The number of hydrogen-bond acceptors (Lipinski definition) is 3. The Kier molecular flexibility index (Phi) is 6.11. The van der Waals surface area contributed by atoms with E-state index in [1.807, 2.05) is 84.9 Å². The standard InChI is InChI=1S/C22H17O3.Al.Li.3H/c23-21(24)22(25,19-13-5-9-15-7-1-3-11-17(15)19)20-14-6-10-16-8-2-4-12-18(16)20;;;;;/h1-14,21,23-24H;;;;;/q-1;+1;;;;. The molecule has 0 radical (unpaired) electrons. The molecular formula is C22H20AlLiO3. The quantitative estimate of drug-likeness (QED) is 0.431. The van der Waals surface area contributed by atoms with Gasteiger partial charge in [-0.25, -0.2) is 0 Å². The summed E-state index contributed by atoms with van der Waals surface area (Å²) in [4.78, 5) is 0. The van der Waals surface area contributed by atoms with Crippen LogP contribution in [-0.2, 0) is 9.39 Å². The van der Waals surface area contributed by atoms with Gasteiger partial charge in [0.1, 0.15) is 5.60 Å². The van der Waals surface area contributed by atoms with Crippen LogP contribution in [-0.4, -0.2) is 52.0 Å². The molecule has 0 saturated carbocycles. The van der Waals surface area contributed by atoms with E-state index in [1.54, 1.807) is 0 Å². The second-order valence-corrected chi connectivity index (χ2v) is 6.78. The first kappa shape index (κ1) is 20.2. The summed E-state index contributed by atoms with van der Waals surface area (Å²) in [5.74, 6) is 0. The molecular weight excluding hydrogens is 346 g/mol. The monoisotopic (exact) mass is 366 g/mol. The fraction of sp³-hybridized carbons (Fsp3) is 0.0909. The average molecular weight is 366 g/mol. The number of rotatable bonds is 4. The zero-order valence-corrected chi connectivity index (χ0v) is 16.5. The minimum atomic E-state index is -1.70. The first-order valence-electron chi connectivity index (χ1n) is 8.56. The third kappa shape index (κ3) is 3.25. The van der Waals surface area contributed by atoms with Gasteiger partial charge in [0.15, 0.2) is 6.29 Å². The number of hydrogen-bond donors (Lipinski definition) is 2. The summed E-state index contributed by atoms with van der Waals surface area (Å²) in [5, 5.41) is 25.1. The Morgan fingerprint density at radius 3 is 1.48 bits per heavy atom. The molecule has 0 aliphatic rings. The molecule has 0 fully saturated rings. The fourth-order valence-electron chi connectivity index (χ4n) is 3.85. The molecule has 0 bridgehead atoms. The third-order valence-electron chi connectivity index (χ3n) is 5.07. The summed E-state index contributed by atoms with van der Waals surface area (Å²) in [6.45, 7) is 0. The molecule has 2 N–H and O–H groups in total. The van der Waals surface area contributed by atoms with E-state index in [0.29, 0.717) is 16.6 Å². The maximum absolute atomic E-state index is 10.5. The van der Waals surface area contributed by atoms with E-state index in [4.69, 9.17) is 3.79 Å². The molecule has 0 aliphatic carbocycles. The van der Waals surface area contributed by atoms with Crippen molar-refractivity contribution in [2.45, 2.75) is 11.9 Å². The van der Waals surface area contributed by atoms with Crippen molar-refractivity contribution in [3.8, 4) is 0 Å². The summed E-state index contributed by atoms with van der Waals surface area (Å²) < 4.78 is 6.03. The minimum absolute atomic E-state index is 0. The van der Waals surface area contributed by atoms with Crippen LogP contribution in [0.25, 0.3) is 21.5 Å². The topological polar surface area (TPSA) is 49.7 Å². The molecule has 0 aromatic heterocycles. The van der Waals surface area contributed by atoms with Gasteiger partial charge in [0.25, 0.3) is 0 Å². The third-order valence-corrected chi connectivity index (χ3v) is 5.71. The fourth-order valence-corrected chi connectivity index (χ4v) is 4.50. The van der Waals surface area contributed by atoms with Crippen LogP contribution >= 0.6 is 0 Å². The molecule has 0 spiro atoms. The van der Waals surface area contributed by atoms with E-state index in [9.17, 15) is 10.2 Å². The first-order chi connectivity index (χ1) is 12.7. The van der Waals surface area contributed by atoms with Gasteiger partial charge in [-0.2, -0.15) is 0 Å². The first-order valence-corrected chi connectivity index (χ1v) is 9.38. The van der Waals surface area contributed by atoms with Gasteiger partial charge >= 0.3 is 35.5 Å². The Morgan fingerprint density at radius 2 is 1.07 bits per heavy atom. The van der Waals surface area contributed by atoms with Crippen molar-refractivity contribution in [2.24, 2.45) is 0 Å². The zero-order valence-electron chi connectivity index (χ0n) is 14.5. The Morgan fingerprint density at radius 1 is 0.667 bits per heavy atom. The Labute approximate surface area is 178 Å². The molecule has 3 nitrogen and oxygen atoms in total. The molecule has 0 aliphatic heterocycles. The van der Waals surface area contributed by atoms with E-state index in [1.165, 1.54) is 0 Å². The molecule has 4 aromatic rings. The van der Waals surface area contributed by atoms with Crippen LogP contribution in [0.2, 0.25) is 0 Å². The zero-order chi connectivity index (χ0) is 18.1. The van der Waals surface area contributed by atoms with Gasteiger partial charge in [-0.15, -0.1) is 0 Å². The number of aliphatic hydroxyl groups excluding tert-OH is 1. The Bertz CT molecular complexity index is 991. The summed E-state index contributed by atoms with van der Waals surface area (Å²) in [5.41, 5.74) is 0.183. The van der Waals surface area contributed by atoms with Gasteiger partial charge in [0, 0.05) is 0 Å². The molecule has 4 rings (SSSR count). The SMILES string of the molecule is OC(O)C([O][AlH2])(c1cccc2ccccc12)c1cccc2ccccc12.[LiH]. The van der Waals surface area contributed by atoms with Gasteiger partial charge in [0.2, 0.25) is 0 Å². The van der Waals surface area contributed by atoms with Crippen molar-refractivity contribution in [1.29, 1.82) is 0 Å². The van der Waals surface area contributed by atoms with E-state index in [0.717, 1.165) is 32.7 Å². The van der Waals surface area contributed by atoms with Crippen LogP contribution in [0.1, 0.15) is 11.1 Å². The van der Waals surface area contributed by atoms with Crippen molar-refractivity contribution in [2.75, 3.05) is 0 Å². The molecule has 4 aromatic carbocycles. The van der Waals surface area contributed by atoms with E-state index >= 15 is 0 Å². The summed E-state index contributed by atoms with van der Waals surface area (Å²) >= 11 is 0.345. The second kappa shape index (κ2) is 8.19. The molecule has 0 unspecified atom stereocenters. The second-order valence-electron chi connectivity index (χ2n) is 6.37. The maximum atomic E-state index is 10.5. The van der Waals surface area contributed by atoms with E-state index in [2.05, 4.69) is 0 Å². The number of fused-ring (bicyclic) bond motifs is 2.